The van der Waals surface area contributed by atoms with E-state index in [9.17, 15) is 9.59 Å². The maximum absolute atomic E-state index is 12.3. The second kappa shape index (κ2) is 9.16. The first-order valence-electron chi connectivity index (χ1n) is 10.3. The van der Waals surface area contributed by atoms with E-state index in [1.165, 1.54) is 23.4 Å². The highest BCUT2D eigenvalue weighted by Crippen LogP contribution is 2.23. The van der Waals surface area contributed by atoms with Crippen LogP contribution in [0.25, 0.3) is 0 Å². The Hall–Kier alpha value is -2.17. The molecule has 27 heavy (non-hydrogen) atoms. The van der Waals surface area contributed by atoms with E-state index < -0.39 is 0 Å². The standard InChI is InChI=1S/C22H31N3O2/c1-3-17-6-8-18(9-7-17)20-12-13-22(27)25(24-20)15-14-21(26)23-19-10-4-16(2)5-11-19/h6-9,16,19H,3-5,10-15H2,1-2H3,(H,23,26). The third-order valence-corrected chi connectivity index (χ3v) is 5.73. The molecular weight excluding hydrogens is 338 g/mol. The van der Waals surface area contributed by atoms with E-state index in [0.717, 1.165) is 36.5 Å². The third-order valence-electron chi connectivity index (χ3n) is 5.73. The summed E-state index contributed by atoms with van der Waals surface area (Å²) in [4.78, 5) is 24.5. The molecule has 1 saturated carbocycles. The molecule has 1 fully saturated rings. The van der Waals surface area contributed by atoms with Crippen molar-refractivity contribution in [3.8, 4) is 0 Å². The first-order valence-corrected chi connectivity index (χ1v) is 10.3. The van der Waals surface area contributed by atoms with Crippen LogP contribution in [0, 0.1) is 5.92 Å². The van der Waals surface area contributed by atoms with Gasteiger partial charge in [0.15, 0.2) is 0 Å². The molecule has 0 spiro atoms. The van der Waals surface area contributed by atoms with E-state index in [2.05, 4.69) is 48.5 Å². The zero-order valence-corrected chi connectivity index (χ0v) is 16.5. The molecule has 0 aromatic heterocycles. The number of rotatable bonds is 6. The highest BCUT2D eigenvalue weighted by atomic mass is 16.2. The summed E-state index contributed by atoms with van der Waals surface area (Å²) in [5.74, 6) is 0.795. The van der Waals surface area contributed by atoms with Gasteiger partial charge in [0.05, 0.1) is 12.3 Å². The van der Waals surface area contributed by atoms with Gasteiger partial charge in [-0.15, -0.1) is 0 Å². The van der Waals surface area contributed by atoms with Gasteiger partial charge in [-0.2, -0.15) is 5.10 Å². The molecule has 0 unspecified atom stereocenters. The molecule has 1 aromatic carbocycles. The van der Waals surface area contributed by atoms with Crippen molar-refractivity contribution < 1.29 is 9.59 Å². The molecule has 1 aliphatic carbocycles. The first kappa shape index (κ1) is 19.6. The number of hydrazone groups is 1. The number of benzene rings is 1. The molecular formula is C22H31N3O2. The van der Waals surface area contributed by atoms with Crippen LogP contribution in [0.2, 0.25) is 0 Å². The van der Waals surface area contributed by atoms with Gasteiger partial charge >= 0.3 is 0 Å². The average Bonchev–Trinajstić information content (AvgIpc) is 2.69. The highest BCUT2D eigenvalue weighted by molar-refractivity contribution is 6.04. The van der Waals surface area contributed by atoms with Crippen LogP contribution >= 0.6 is 0 Å². The molecule has 0 saturated heterocycles. The monoisotopic (exact) mass is 369 g/mol. The maximum atomic E-state index is 12.3. The molecule has 146 valence electrons. The van der Waals surface area contributed by atoms with Crippen LogP contribution in [0.5, 0.6) is 0 Å². The number of nitrogens with one attached hydrogen (secondary N) is 1. The van der Waals surface area contributed by atoms with Crippen molar-refractivity contribution in [3.63, 3.8) is 0 Å². The molecule has 0 bridgehead atoms. The summed E-state index contributed by atoms with van der Waals surface area (Å²) in [5.41, 5.74) is 3.28. The van der Waals surface area contributed by atoms with Crippen molar-refractivity contribution in [2.24, 2.45) is 11.0 Å². The fourth-order valence-electron chi connectivity index (χ4n) is 3.83. The quantitative estimate of drug-likeness (QED) is 0.832. The van der Waals surface area contributed by atoms with E-state index in [0.29, 0.717) is 31.8 Å². The van der Waals surface area contributed by atoms with Crippen LogP contribution in [0.1, 0.15) is 69.9 Å². The summed E-state index contributed by atoms with van der Waals surface area (Å²) in [7, 11) is 0. The number of carbonyl (C=O) groups is 2. The Morgan fingerprint density at radius 1 is 1.15 bits per heavy atom. The average molecular weight is 370 g/mol. The van der Waals surface area contributed by atoms with Crippen molar-refractivity contribution in [1.82, 2.24) is 10.3 Å². The van der Waals surface area contributed by atoms with E-state index in [-0.39, 0.29) is 11.8 Å². The molecule has 5 heteroatoms. The zero-order chi connectivity index (χ0) is 19.2. The van der Waals surface area contributed by atoms with Crippen molar-refractivity contribution in [1.29, 1.82) is 0 Å². The first-order chi connectivity index (χ1) is 13.0. The molecule has 1 heterocycles. The zero-order valence-electron chi connectivity index (χ0n) is 16.5. The second-order valence-electron chi connectivity index (χ2n) is 7.89. The Balaban J connectivity index is 1.54. The second-order valence-corrected chi connectivity index (χ2v) is 7.89. The number of aryl methyl sites for hydroxylation is 1. The molecule has 2 amide bonds. The number of amides is 2. The number of nitrogens with zero attached hydrogens (tertiary/aromatic N) is 2. The minimum atomic E-state index is 0.00298. The molecule has 5 nitrogen and oxygen atoms in total. The highest BCUT2D eigenvalue weighted by Gasteiger charge is 2.23. The summed E-state index contributed by atoms with van der Waals surface area (Å²) in [5, 5.41) is 9.14. The normalized spacial score (nSPS) is 23.1. The largest absolute Gasteiger partial charge is 0.353 e. The SMILES string of the molecule is CCc1ccc(C2=NN(CCC(=O)NC3CCC(C)CC3)C(=O)CC2)cc1. The topological polar surface area (TPSA) is 61.8 Å². The minimum absolute atomic E-state index is 0.00298. The number of hydrogen-bond acceptors (Lipinski definition) is 3. The summed E-state index contributed by atoms with van der Waals surface area (Å²) < 4.78 is 0. The predicted octanol–water partition coefficient (Wildman–Crippen LogP) is 3.66. The molecule has 0 radical (unpaired) electrons. The summed E-state index contributed by atoms with van der Waals surface area (Å²) in [6.07, 6.45) is 6.91. The van der Waals surface area contributed by atoms with Crippen LogP contribution in [0.3, 0.4) is 0 Å². The van der Waals surface area contributed by atoms with Crippen molar-refractivity contribution in [2.45, 2.75) is 71.3 Å². The molecule has 1 aromatic rings. The van der Waals surface area contributed by atoms with Gasteiger partial charge in [0.2, 0.25) is 11.8 Å². The van der Waals surface area contributed by atoms with Gasteiger partial charge < -0.3 is 5.32 Å². The van der Waals surface area contributed by atoms with Gasteiger partial charge in [0, 0.05) is 25.3 Å². The molecule has 3 rings (SSSR count). The van der Waals surface area contributed by atoms with Crippen molar-refractivity contribution in [2.75, 3.05) is 6.54 Å². The van der Waals surface area contributed by atoms with E-state index in [4.69, 9.17) is 0 Å². The van der Waals surface area contributed by atoms with Gasteiger partial charge in [0.1, 0.15) is 0 Å². The van der Waals surface area contributed by atoms with Crippen LogP contribution in [-0.4, -0.2) is 35.1 Å². The van der Waals surface area contributed by atoms with Gasteiger partial charge in [-0.05, 0) is 49.1 Å². The summed E-state index contributed by atoms with van der Waals surface area (Å²) in [6.45, 7) is 4.75. The van der Waals surface area contributed by atoms with E-state index in [1.54, 1.807) is 0 Å². The smallest absolute Gasteiger partial charge is 0.243 e. The lowest BCUT2D eigenvalue weighted by atomic mass is 9.87. The minimum Gasteiger partial charge on any atom is -0.353 e. The van der Waals surface area contributed by atoms with Crippen LogP contribution in [0.4, 0.5) is 0 Å². The summed E-state index contributed by atoms with van der Waals surface area (Å²) >= 11 is 0. The molecule has 1 aliphatic heterocycles. The Labute approximate surface area is 162 Å². The van der Waals surface area contributed by atoms with E-state index in [1.807, 2.05) is 0 Å². The Morgan fingerprint density at radius 2 is 1.85 bits per heavy atom. The maximum Gasteiger partial charge on any atom is 0.243 e. The molecule has 0 atom stereocenters. The third kappa shape index (κ3) is 5.41. The summed E-state index contributed by atoms with van der Waals surface area (Å²) in [6, 6.07) is 8.65. The van der Waals surface area contributed by atoms with Gasteiger partial charge in [-0.25, -0.2) is 5.01 Å². The predicted molar refractivity (Wildman–Crippen MR) is 107 cm³/mol. The van der Waals surface area contributed by atoms with Crippen LogP contribution in [-0.2, 0) is 16.0 Å². The number of carbonyl (C=O) groups excluding carboxylic acids is 2. The van der Waals surface area contributed by atoms with E-state index >= 15 is 0 Å². The fourth-order valence-corrected chi connectivity index (χ4v) is 3.83. The lowest BCUT2D eigenvalue weighted by Gasteiger charge is -2.27. The molecule has 2 aliphatic rings. The van der Waals surface area contributed by atoms with Gasteiger partial charge in [0.25, 0.3) is 0 Å². The van der Waals surface area contributed by atoms with Gasteiger partial charge in [-0.1, -0.05) is 38.1 Å². The lowest BCUT2D eigenvalue weighted by molar-refractivity contribution is -0.132. The van der Waals surface area contributed by atoms with Crippen molar-refractivity contribution >= 4 is 17.5 Å². The van der Waals surface area contributed by atoms with Gasteiger partial charge in [-0.3, -0.25) is 9.59 Å². The lowest BCUT2D eigenvalue weighted by Crippen LogP contribution is -2.40. The molecule has 1 N–H and O–H groups in total. The Kier molecular flexibility index (Phi) is 6.64. The fraction of sp³-hybridized carbons (Fsp3) is 0.591. The number of hydrogen-bond donors (Lipinski definition) is 1. The van der Waals surface area contributed by atoms with Crippen LogP contribution in [0.15, 0.2) is 29.4 Å². The Bertz CT molecular complexity index is 688. The Morgan fingerprint density at radius 3 is 2.52 bits per heavy atom. The van der Waals surface area contributed by atoms with Crippen LogP contribution < -0.4 is 5.32 Å². The van der Waals surface area contributed by atoms with Crippen molar-refractivity contribution in [3.05, 3.63) is 35.4 Å².